The van der Waals surface area contributed by atoms with Gasteiger partial charge in [-0.15, -0.1) is 11.8 Å². The van der Waals surface area contributed by atoms with Crippen LogP contribution in [0.5, 0.6) is 0 Å². The minimum absolute atomic E-state index is 0.244. The quantitative estimate of drug-likeness (QED) is 0.441. The summed E-state index contributed by atoms with van der Waals surface area (Å²) in [6, 6.07) is 15.7. The molecule has 0 bridgehead atoms. The van der Waals surface area contributed by atoms with Gasteiger partial charge in [-0.1, -0.05) is 60.7 Å². The van der Waals surface area contributed by atoms with Gasteiger partial charge < -0.3 is 20.6 Å². The molecule has 3 atom stereocenters. The second-order valence-corrected chi connectivity index (χ2v) is 12.5. The highest BCUT2D eigenvalue weighted by molar-refractivity contribution is 8.00. The number of aryl methyl sites for hydroxylation is 1. The monoisotopic (exact) mass is 549 g/mol. The van der Waals surface area contributed by atoms with Crippen molar-refractivity contribution in [3.05, 3.63) is 82.9 Å². The third kappa shape index (κ3) is 7.11. The first-order chi connectivity index (χ1) is 18.7. The number of benzene rings is 2. The Labute approximate surface area is 235 Å². The normalized spacial score (nSPS) is 20.1. The molecule has 0 saturated carbocycles. The summed E-state index contributed by atoms with van der Waals surface area (Å²) in [6.07, 6.45) is 4.29. The van der Waals surface area contributed by atoms with Crippen LogP contribution in [0.15, 0.2) is 66.2 Å². The summed E-state index contributed by atoms with van der Waals surface area (Å²) in [7, 11) is 0. The number of rotatable bonds is 9. The molecule has 2 aliphatic rings. The first kappa shape index (κ1) is 28.9. The van der Waals surface area contributed by atoms with E-state index in [0.29, 0.717) is 25.0 Å². The van der Waals surface area contributed by atoms with Crippen molar-refractivity contribution in [2.45, 2.75) is 82.4 Å². The number of nitrogens with one attached hydrogen (secondary N) is 2. The molecule has 1 saturated heterocycles. The molecule has 1 aliphatic heterocycles. The number of nitrogens with zero attached hydrogens (tertiary/aromatic N) is 1. The van der Waals surface area contributed by atoms with Crippen LogP contribution < -0.4 is 10.6 Å². The van der Waals surface area contributed by atoms with Gasteiger partial charge in [0.15, 0.2) is 6.10 Å². The van der Waals surface area contributed by atoms with Crippen LogP contribution in [0.1, 0.15) is 56.2 Å². The number of aliphatic hydroxyl groups is 1. The Balaban J connectivity index is 1.52. The molecule has 7 nitrogen and oxygen atoms in total. The fraction of sp³-hybridized carbons (Fsp3) is 0.452. The molecule has 1 aliphatic carbocycles. The van der Waals surface area contributed by atoms with Crippen LogP contribution in [0.4, 0.5) is 0 Å². The number of hydrogen-bond donors (Lipinski definition) is 3. The Morgan fingerprint density at radius 3 is 2.49 bits per heavy atom. The molecule has 2 aromatic rings. The second-order valence-electron chi connectivity index (χ2n) is 10.9. The molecule has 3 unspecified atom stereocenters. The first-order valence-electron chi connectivity index (χ1n) is 13.7. The van der Waals surface area contributed by atoms with E-state index in [0.717, 1.165) is 36.0 Å². The number of allylic oxidation sites excluding steroid dienone is 1. The number of aliphatic hydroxyl groups excluding tert-OH is 1. The van der Waals surface area contributed by atoms with E-state index in [1.54, 1.807) is 0 Å². The summed E-state index contributed by atoms with van der Waals surface area (Å²) in [5.74, 6) is -0.776. The van der Waals surface area contributed by atoms with Crippen molar-refractivity contribution in [1.29, 1.82) is 0 Å². The van der Waals surface area contributed by atoms with Crippen molar-refractivity contribution in [2.75, 3.05) is 5.88 Å². The lowest BCUT2D eigenvalue weighted by molar-refractivity contribution is -0.147. The molecule has 3 amide bonds. The summed E-state index contributed by atoms with van der Waals surface area (Å²) >= 11 is 1.50. The molecule has 4 rings (SSSR count). The molecular formula is C31H39N3O4S. The smallest absolute Gasteiger partial charge is 0.254 e. The van der Waals surface area contributed by atoms with E-state index < -0.39 is 28.8 Å². The van der Waals surface area contributed by atoms with Crippen LogP contribution >= 0.6 is 11.8 Å². The van der Waals surface area contributed by atoms with Crippen molar-refractivity contribution < 1.29 is 19.5 Å². The molecule has 0 radical (unpaired) electrons. The summed E-state index contributed by atoms with van der Waals surface area (Å²) in [5.41, 5.74) is 3.69. The summed E-state index contributed by atoms with van der Waals surface area (Å²) < 4.78 is -0.545. The number of carbonyl (C=O) groups excluding carboxylic acids is 3. The van der Waals surface area contributed by atoms with Crippen LogP contribution in [-0.2, 0) is 27.3 Å². The number of hydrogen-bond acceptors (Lipinski definition) is 5. The van der Waals surface area contributed by atoms with Crippen LogP contribution in [0.2, 0.25) is 0 Å². The molecule has 0 aromatic heterocycles. The second kappa shape index (κ2) is 12.8. The van der Waals surface area contributed by atoms with Gasteiger partial charge in [0.05, 0.1) is 11.9 Å². The fourth-order valence-corrected chi connectivity index (χ4v) is 6.40. The maximum absolute atomic E-state index is 13.8. The first-order valence-corrected chi connectivity index (χ1v) is 14.6. The van der Waals surface area contributed by atoms with E-state index in [-0.39, 0.29) is 17.7 Å². The highest BCUT2D eigenvalue weighted by atomic mass is 32.2. The van der Waals surface area contributed by atoms with Gasteiger partial charge in [-0.2, -0.15) is 0 Å². The van der Waals surface area contributed by atoms with Gasteiger partial charge in [0.2, 0.25) is 11.8 Å². The van der Waals surface area contributed by atoms with E-state index in [9.17, 15) is 19.5 Å². The zero-order valence-electron chi connectivity index (χ0n) is 23.0. The van der Waals surface area contributed by atoms with Gasteiger partial charge >= 0.3 is 0 Å². The van der Waals surface area contributed by atoms with Crippen molar-refractivity contribution in [3.63, 3.8) is 0 Å². The predicted molar refractivity (Wildman–Crippen MR) is 155 cm³/mol. The van der Waals surface area contributed by atoms with Gasteiger partial charge in [0.25, 0.3) is 5.91 Å². The van der Waals surface area contributed by atoms with Crippen molar-refractivity contribution in [3.8, 4) is 0 Å². The largest absolute Gasteiger partial charge is 0.381 e. The molecular weight excluding hydrogens is 510 g/mol. The Kier molecular flexibility index (Phi) is 9.51. The average Bonchev–Trinajstić information content (AvgIpc) is 3.27. The van der Waals surface area contributed by atoms with Crippen LogP contribution in [0, 0.1) is 6.92 Å². The van der Waals surface area contributed by atoms with Gasteiger partial charge in [-0.05, 0) is 69.6 Å². The molecule has 2 aromatic carbocycles. The lowest BCUT2D eigenvalue weighted by atomic mass is 9.95. The van der Waals surface area contributed by atoms with Crippen molar-refractivity contribution in [2.24, 2.45) is 0 Å². The van der Waals surface area contributed by atoms with Gasteiger partial charge in [0.1, 0.15) is 6.04 Å². The third-order valence-electron chi connectivity index (χ3n) is 7.62. The minimum atomic E-state index is -1.50. The average molecular weight is 550 g/mol. The topological polar surface area (TPSA) is 98.7 Å². The van der Waals surface area contributed by atoms with Gasteiger partial charge in [0, 0.05) is 16.9 Å². The van der Waals surface area contributed by atoms with Gasteiger partial charge in [-0.3, -0.25) is 14.4 Å². The van der Waals surface area contributed by atoms with Crippen LogP contribution in [0.25, 0.3) is 0 Å². The van der Waals surface area contributed by atoms with E-state index >= 15 is 0 Å². The maximum Gasteiger partial charge on any atom is 0.254 e. The SMILES string of the molecule is Cc1ccccc1CNC(=O)C1N(C(=O)C(O)C(Cc2ccccc2)NC(=O)C2=CCCCC2)CSC1(C)C. The van der Waals surface area contributed by atoms with Crippen molar-refractivity contribution in [1.82, 2.24) is 15.5 Å². The lowest BCUT2D eigenvalue weighted by Gasteiger charge is -2.33. The Morgan fingerprint density at radius 2 is 1.79 bits per heavy atom. The molecule has 1 fully saturated rings. The molecule has 208 valence electrons. The standard InChI is InChI=1S/C31H39N3O4S/c1-21-12-10-11-17-24(21)19-32-29(37)27-31(2,3)39-20-34(27)30(38)26(35)25(18-22-13-6-4-7-14-22)33-28(36)23-15-8-5-9-16-23/h4,6-7,10-15,17,25-27,35H,5,8-9,16,18-20H2,1-3H3,(H,32,37)(H,33,36). The Bertz CT molecular complexity index is 1210. The number of carbonyl (C=O) groups is 3. The van der Waals surface area contributed by atoms with E-state index in [4.69, 9.17) is 0 Å². The molecule has 3 N–H and O–H groups in total. The number of thioether (sulfide) groups is 1. The zero-order chi connectivity index (χ0) is 28.0. The Hall–Kier alpha value is -3.10. The van der Waals surface area contributed by atoms with Crippen LogP contribution in [0.3, 0.4) is 0 Å². The minimum Gasteiger partial charge on any atom is -0.381 e. The van der Waals surface area contributed by atoms with Crippen molar-refractivity contribution >= 4 is 29.5 Å². The lowest BCUT2D eigenvalue weighted by Crippen LogP contribution is -2.58. The number of amides is 3. The molecule has 39 heavy (non-hydrogen) atoms. The summed E-state index contributed by atoms with van der Waals surface area (Å²) in [6.45, 7) is 6.23. The Morgan fingerprint density at radius 1 is 1.08 bits per heavy atom. The van der Waals surface area contributed by atoms with Crippen LogP contribution in [-0.4, -0.2) is 56.5 Å². The zero-order valence-corrected chi connectivity index (χ0v) is 23.8. The fourth-order valence-electron chi connectivity index (χ4n) is 5.26. The van der Waals surface area contributed by atoms with Gasteiger partial charge in [-0.25, -0.2) is 0 Å². The van der Waals surface area contributed by atoms with E-state index in [1.165, 1.54) is 16.7 Å². The van der Waals surface area contributed by atoms with E-state index in [2.05, 4.69) is 10.6 Å². The summed E-state index contributed by atoms with van der Waals surface area (Å²) in [5, 5.41) is 17.3. The van der Waals surface area contributed by atoms with E-state index in [1.807, 2.05) is 81.4 Å². The third-order valence-corrected chi connectivity index (χ3v) is 9.00. The predicted octanol–water partition coefficient (Wildman–Crippen LogP) is 3.88. The summed E-state index contributed by atoms with van der Waals surface area (Å²) in [4.78, 5) is 41.8. The highest BCUT2D eigenvalue weighted by Crippen LogP contribution is 2.40. The molecule has 1 heterocycles. The maximum atomic E-state index is 13.8. The molecule has 8 heteroatoms. The highest BCUT2D eigenvalue weighted by Gasteiger charge is 2.49. The molecule has 0 spiro atoms.